The number of hydrogen-bond donors (Lipinski definition) is 2. The van der Waals surface area contributed by atoms with Gasteiger partial charge in [0.1, 0.15) is 23.5 Å². The van der Waals surface area contributed by atoms with Gasteiger partial charge in [0, 0.05) is 18.2 Å². The molecule has 0 unspecified atom stereocenters. The number of sulfonamides is 1. The molecule has 0 radical (unpaired) electrons. The topological polar surface area (TPSA) is 105 Å². The molecule has 1 fully saturated rings. The fourth-order valence-electron chi connectivity index (χ4n) is 3.62. The maximum absolute atomic E-state index is 14.4. The first-order chi connectivity index (χ1) is 15.9. The average molecular weight is 504 g/mol. The Labute approximate surface area is 189 Å². The summed E-state index contributed by atoms with van der Waals surface area (Å²) in [6, 6.07) is 1.75. The molecule has 34 heavy (non-hydrogen) atoms. The van der Waals surface area contributed by atoms with Crippen molar-refractivity contribution in [1.29, 1.82) is 0 Å². The van der Waals surface area contributed by atoms with Gasteiger partial charge in [-0.3, -0.25) is 5.32 Å². The number of halogens is 5. The number of alkyl halides is 2. The largest absolute Gasteiger partial charge is 0.354 e. The highest BCUT2D eigenvalue weighted by Crippen LogP contribution is 2.38. The van der Waals surface area contributed by atoms with E-state index in [1.165, 1.54) is 6.92 Å². The minimum Gasteiger partial charge on any atom is -0.354 e. The SMILES string of the molecule is CCS(=O)(=O)N[C@@H]1CN(C(=O)Nc2noc3cc(F)cc(-c4c(F)cccc4F)c23)CC1(F)F. The zero-order chi connectivity index (χ0) is 24.8. The van der Waals surface area contributed by atoms with Crippen LogP contribution in [0, 0.1) is 17.5 Å². The zero-order valence-corrected chi connectivity index (χ0v) is 18.2. The summed E-state index contributed by atoms with van der Waals surface area (Å²) in [7, 11) is -3.97. The van der Waals surface area contributed by atoms with E-state index in [0.717, 1.165) is 30.3 Å². The number of benzene rings is 2. The summed E-state index contributed by atoms with van der Waals surface area (Å²) in [5.74, 6) is -7.31. The van der Waals surface area contributed by atoms with Crippen LogP contribution in [-0.4, -0.2) is 55.3 Å². The summed E-state index contributed by atoms with van der Waals surface area (Å²) in [6.45, 7) is -0.485. The summed E-state index contributed by atoms with van der Waals surface area (Å²) >= 11 is 0. The second-order valence-corrected chi connectivity index (χ2v) is 9.64. The molecule has 2 heterocycles. The molecule has 0 bridgehead atoms. The van der Waals surface area contributed by atoms with Gasteiger partial charge in [-0.2, -0.15) is 0 Å². The molecule has 14 heteroatoms. The van der Waals surface area contributed by atoms with Crippen molar-refractivity contribution in [2.24, 2.45) is 0 Å². The maximum Gasteiger partial charge on any atom is 0.323 e. The predicted molar refractivity (Wildman–Crippen MR) is 111 cm³/mol. The van der Waals surface area contributed by atoms with Crippen molar-refractivity contribution < 1.29 is 39.7 Å². The van der Waals surface area contributed by atoms with E-state index >= 15 is 0 Å². The number of fused-ring (bicyclic) bond motifs is 1. The number of amides is 2. The van der Waals surface area contributed by atoms with Crippen LogP contribution < -0.4 is 10.0 Å². The summed E-state index contributed by atoms with van der Waals surface area (Å²) < 4.78 is 102. The Morgan fingerprint density at radius 3 is 2.56 bits per heavy atom. The zero-order valence-electron chi connectivity index (χ0n) is 17.4. The highest BCUT2D eigenvalue weighted by molar-refractivity contribution is 7.89. The molecule has 8 nitrogen and oxygen atoms in total. The first-order valence-electron chi connectivity index (χ1n) is 9.89. The van der Waals surface area contributed by atoms with Gasteiger partial charge in [0.25, 0.3) is 5.92 Å². The van der Waals surface area contributed by atoms with Crippen molar-refractivity contribution in [2.45, 2.75) is 18.9 Å². The van der Waals surface area contributed by atoms with Crippen molar-refractivity contribution in [3.63, 3.8) is 0 Å². The van der Waals surface area contributed by atoms with Gasteiger partial charge in [-0.15, -0.1) is 0 Å². The van der Waals surface area contributed by atoms with Crippen LogP contribution >= 0.6 is 0 Å². The smallest absolute Gasteiger partial charge is 0.323 e. The molecule has 182 valence electrons. The van der Waals surface area contributed by atoms with Crippen molar-refractivity contribution >= 4 is 32.8 Å². The van der Waals surface area contributed by atoms with Crippen molar-refractivity contribution in [3.8, 4) is 11.1 Å². The third kappa shape index (κ3) is 4.42. The summed E-state index contributed by atoms with van der Waals surface area (Å²) in [5.41, 5.74) is -1.18. The van der Waals surface area contributed by atoms with Crippen molar-refractivity contribution in [3.05, 3.63) is 47.8 Å². The van der Waals surface area contributed by atoms with Crippen LogP contribution in [0.1, 0.15) is 6.92 Å². The standard InChI is InChI=1S/C20H17F5N4O4S/c1-2-34(31,32)28-15-8-29(9-20(15,24)25)19(30)26-18-17-11(6-10(21)7-14(17)33-27-18)16-12(22)4-3-5-13(16)23/h3-7,15,28H,2,8-9H2,1H3,(H,26,27,30)/t15-/m1/s1. The Balaban J connectivity index is 1.67. The van der Waals surface area contributed by atoms with E-state index in [0.29, 0.717) is 4.90 Å². The molecule has 0 spiro atoms. The molecule has 4 rings (SSSR count). The van der Waals surface area contributed by atoms with Crippen molar-refractivity contribution in [2.75, 3.05) is 24.2 Å². The number of hydrogen-bond acceptors (Lipinski definition) is 5. The lowest BCUT2D eigenvalue weighted by atomic mass is 10.00. The van der Waals surface area contributed by atoms with Crippen molar-refractivity contribution in [1.82, 2.24) is 14.8 Å². The Bertz CT molecular complexity index is 1360. The quantitative estimate of drug-likeness (QED) is 0.516. The van der Waals surface area contributed by atoms with Gasteiger partial charge in [-0.1, -0.05) is 11.2 Å². The number of carbonyl (C=O) groups is 1. The normalized spacial score (nSPS) is 17.9. The highest BCUT2D eigenvalue weighted by atomic mass is 32.2. The second kappa shape index (κ2) is 8.51. The van der Waals surface area contributed by atoms with Crippen LogP contribution in [0.15, 0.2) is 34.9 Å². The van der Waals surface area contributed by atoms with Crippen LogP contribution in [0.4, 0.5) is 32.6 Å². The van der Waals surface area contributed by atoms with E-state index < -0.39 is 75.7 Å². The minimum atomic E-state index is -3.97. The number of aromatic nitrogens is 1. The molecule has 1 atom stereocenters. The summed E-state index contributed by atoms with van der Waals surface area (Å²) in [4.78, 5) is 13.3. The van der Waals surface area contributed by atoms with E-state index in [1.54, 1.807) is 0 Å². The van der Waals surface area contributed by atoms with Gasteiger partial charge in [0.15, 0.2) is 11.4 Å². The van der Waals surface area contributed by atoms with Crippen LogP contribution in [0.3, 0.4) is 0 Å². The Morgan fingerprint density at radius 2 is 1.91 bits per heavy atom. The molecular weight excluding hydrogens is 487 g/mol. The Morgan fingerprint density at radius 1 is 1.24 bits per heavy atom. The summed E-state index contributed by atoms with van der Waals surface area (Å²) in [5, 5.41) is 5.63. The van der Waals surface area contributed by atoms with E-state index in [4.69, 9.17) is 4.52 Å². The second-order valence-electron chi connectivity index (χ2n) is 7.60. The molecule has 1 saturated heterocycles. The lowest BCUT2D eigenvalue weighted by Crippen LogP contribution is -2.47. The number of anilines is 1. The van der Waals surface area contributed by atoms with Gasteiger partial charge in [-0.25, -0.2) is 39.9 Å². The van der Waals surface area contributed by atoms with Crippen LogP contribution in [0.2, 0.25) is 0 Å². The Kier molecular flexibility index (Phi) is 5.97. The first kappa shape index (κ1) is 23.9. The monoisotopic (exact) mass is 504 g/mol. The molecule has 1 aliphatic rings. The first-order valence-corrected chi connectivity index (χ1v) is 11.5. The number of nitrogens with one attached hydrogen (secondary N) is 2. The molecular formula is C20H17F5N4O4S. The summed E-state index contributed by atoms with van der Waals surface area (Å²) in [6.07, 6.45) is 0. The van der Waals surface area contributed by atoms with Gasteiger partial charge in [0.05, 0.1) is 23.2 Å². The number of urea groups is 1. The predicted octanol–water partition coefficient (Wildman–Crippen LogP) is 3.70. The van der Waals surface area contributed by atoms with E-state index in [-0.39, 0.29) is 16.5 Å². The lowest BCUT2D eigenvalue weighted by Gasteiger charge is -2.17. The molecule has 2 amide bonds. The maximum atomic E-state index is 14.4. The lowest BCUT2D eigenvalue weighted by molar-refractivity contribution is -0.00227. The number of carbonyl (C=O) groups excluding carboxylic acids is 1. The molecule has 1 aromatic heterocycles. The van der Waals surface area contributed by atoms with Gasteiger partial charge < -0.3 is 9.42 Å². The fourth-order valence-corrected chi connectivity index (χ4v) is 4.47. The minimum absolute atomic E-state index is 0.159. The van der Waals surface area contributed by atoms with E-state index in [9.17, 15) is 35.2 Å². The molecule has 0 aliphatic carbocycles. The Hall–Kier alpha value is -3.26. The van der Waals surface area contributed by atoms with Crippen LogP contribution in [0.5, 0.6) is 0 Å². The third-order valence-electron chi connectivity index (χ3n) is 5.30. The number of nitrogens with zero attached hydrogens (tertiary/aromatic N) is 2. The van der Waals surface area contributed by atoms with Crippen LogP contribution in [0.25, 0.3) is 22.1 Å². The molecule has 1 aliphatic heterocycles. The molecule has 3 aromatic rings. The highest BCUT2D eigenvalue weighted by Gasteiger charge is 2.51. The number of rotatable bonds is 5. The molecule has 2 aromatic carbocycles. The number of likely N-dealkylation sites (tertiary alicyclic amines) is 1. The third-order valence-corrected chi connectivity index (χ3v) is 6.70. The van der Waals surface area contributed by atoms with Gasteiger partial charge in [0.2, 0.25) is 10.0 Å². The molecule has 2 N–H and O–H groups in total. The molecule has 0 saturated carbocycles. The average Bonchev–Trinajstić information content (AvgIpc) is 3.27. The van der Waals surface area contributed by atoms with Crippen LogP contribution in [-0.2, 0) is 10.0 Å². The van der Waals surface area contributed by atoms with E-state index in [1.807, 2.05) is 4.72 Å². The van der Waals surface area contributed by atoms with Gasteiger partial charge in [-0.05, 0) is 25.1 Å². The van der Waals surface area contributed by atoms with E-state index in [2.05, 4.69) is 10.5 Å². The fraction of sp³-hybridized carbons (Fsp3) is 0.300. The van der Waals surface area contributed by atoms with Gasteiger partial charge >= 0.3 is 6.03 Å².